The zero-order chi connectivity index (χ0) is 27.4. The quantitative estimate of drug-likeness (QED) is 0.161. The summed E-state index contributed by atoms with van der Waals surface area (Å²) < 4.78 is 0. The third kappa shape index (κ3) is 9.70. The second-order valence-electron chi connectivity index (χ2n) is 8.29. The highest BCUT2D eigenvalue weighted by molar-refractivity contribution is 5.95. The molecule has 0 aliphatic heterocycles. The highest BCUT2D eigenvalue weighted by atomic mass is 16.4. The molecule has 3 amide bonds. The van der Waals surface area contributed by atoms with E-state index in [2.05, 4.69) is 16.0 Å². The number of aliphatic carboxylic acids is 2. The molecule has 37 heavy (non-hydrogen) atoms. The molecule has 0 bridgehead atoms. The van der Waals surface area contributed by atoms with Gasteiger partial charge in [0.05, 0.1) is 19.1 Å². The fraction of sp³-hybridized carbons (Fsp3) is 0.320. The maximum absolute atomic E-state index is 13.1. The predicted molar refractivity (Wildman–Crippen MR) is 131 cm³/mol. The van der Waals surface area contributed by atoms with Gasteiger partial charge in [-0.2, -0.15) is 0 Å². The Labute approximate surface area is 212 Å². The van der Waals surface area contributed by atoms with Crippen molar-refractivity contribution in [1.29, 1.82) is 0 Å². The number of hydrogen-bond donors (Lipinski definition) is 7. The van der Waals surface area contributed by atoms with Crippen LogP contribution in [-0.4, -0.2) is 75.8 Å². The SMILES string of the molecule is NC(CC(=O)O)C(=O)NC(CO)C(=O)NC(Cc1ccccc1)C(=O)NC(Cc1ccccc1)C(=O)O. The summed E-state index contributed by atoms with van der Waals surface area (Å²) in [5.41, 5.74) is 6.83. The van der Waals surface area contributed by atoms with Crippen molar-refractivity contribution < 1.29 is 39.3 Å². The molecule has 0 fully saturated rings. The summed E-state index contributed by atoms with van der Waals surface area (Å²) in [6, 6.07) is 11.8. The number of hydrogen-bond acceptors (Lipinski definition) is 7. The zero-order valence-electron chi connectivity index (χ0n) is 19.9. The van der Waals surface area contributed by atoms with Crippen LogP contribution >= 0.6 is 0 Å². The number of carbonyl (C=O) groups is 5. The molecular formula is C25H30N4O8. The van der Waals surface area contributed by atoms with Gasteiger partial charge in [0.15, 0.2) is 0 Å². The van der Waals surface area contributed by atoms with Crippen LogP contribution in [0.2, 0.25) is 0 Å². The van der Waals surface area contributed by atoms with E-state index in [-0.39, 0.29) is 12.8 Å². The molecule has 2 aromatic carbocycles. The number of carboxylic acid groups (broad SMARTS) is 2. The Balaban J connectivity index is 2.17. The van der Waals surface area contributed by atoms with Crippen LogP contribution in [0.4, 0.5) is 0 Å². The second-order valence-corrected chi connectivity index (χ2v) is 8.29. The summed E-state index contributed by atoms with van der Waals surface area (Å²) in [7, 11) is 0. The van der Waals surface area contributed by atoms with Crippen molar-refractivity contribution in [1.82, 2.24) is 16.0 Å². The molecule has 198 valence electrons. The van der Waals surface area contributed by atoms with E-state index >= 15 is 0 Å². The molecule has 0 heterocycles. The Morgan fingerprint density at radius 2 is 1.11 bits per heavy atom. The molecule has 4 atom stereocenters. The molecule has 0 aliphatic rings. The van der Waals surface area contributed by atoms with Crippen LogP contribution in [0.5, 0.6) is 0 Å². The number of amides is 3. The van der Waals surface area contributed by atoms with Crippen molar-refractivity contribution in [3.05, 3.63) is 71.8 Å². The maximum atomic E-state index is 13.1. The molecule has 0 aromatic heterocycles. The number of carboxylic acids is 2. The second kappa shape index (κ2) is 14.3. The summed E-state index contributed by atoms with van der Waals surface area (Å²) in [5.74, 6) is -5.30. The van der Waals surface area contributed by atoms with E-state index in [1.54, 1.807) is 60.7 Å². The first kappa shape index (κ1) is 28.9. The molecule has 8 N–H and O–H groups in total. The summed E-state index contributed by atoms with van der Waals surface area (Å²) in [5, 5.41) is 35.1. The average Bonchev–Trinajstić information content (AvgIpc) is 2.86. The van der Waals surface area contributed by atoms with Gasteiger partial charge in [0, 0.05) is 12.8 Å². The topological polar surface area (TPSA) is 208 Å². The number of aliphatic hydroxyl groups excluding tert-OH is 1. The summed E-state index contributed by atoms with van der Waals surface area (Å²) in [6.07, 6.45) is -0.700. The van der Waals surface area contributed by atoms with E-state index in [0.717, 1.165) is 0 Å². The van der Waals surface area contributed by atoms with Gasteiger partial charge in [0.25, 0.3) is 0 Å². The number of nitrogens with two attached hydrogens (primary N) is 1. The first-order chi connectivity index (χ1) is 17.6. The number of rotatable bonds is 14. The number of nitrogens with one attached hydrogen (secondary N) is 3. The van der Waals surface area contributed by atoms with Crippen molar-refractivity contribution in [2.24, 2.45) is 5.73 Å². The normalized spacial score (nSPS) is 13.9. The first-order valence-electron chi connectivity index (χ1n) is 11.4. The molecule has 0 saturated carbocycles. The molecule has 0 saturated heterocycles. The maximum Gasteiger partial charge on any atom is 0.326 e. The largest absolute Gasteiger partial charge is 0.481 e. The third-order valence-electron chi connectivity index (χ3n) is 5.36. The third-order valence-corrected chi connectivity index (χ3v) is 5.36. The Hall–Kier alpha value is -4.29. The zero-order valence-corrected chi connectivity index (χ0v) is 19.9. The van der Waals surface area contributed by atoms with Crippen LogP contribution in [0.25, 0.3) is 0 Å². The van der Waals surface area contributed by atoms with E-state index in [0.29, 0.717) is 11.1 Å². The monoisotopic (exact) mass is 514 g/mol. The van der Waals surface area contributed by atoms with Crippen LogP contribution in [-0.2, 0) is 36.8 Å². The van der Waals surface area contributed by atoms with Gasteiger partial charge in [-0.1, -0.05) is 60.7 Å². The lowest BCUT2D eigenvalue weighted by Gasteiger charge is -2.24. The highest BCUT2D eigenvalue weighted by Crippen LogP contribution is 2.07. The summed E-state index contributed by atoms with van der Waals surface area (Å²) in [4.78, 5) is 60.7. The van der Waals surface area contributed by atoms with E-state index in [1.807, 2.05) is 0 Å². The van der Waals surface area contributed by atoms with Crippen LogP contribution < -0.4 is 21.7 Å². The van der Waals surface area contributed by atoms with Crippen molar-refractivity contribution in [2.45, 2.75) is 43.4 Å². The van der Waals surface area contributed by atoms with Gasteiger partial charge in [0.2, 0.25) is 17.7 Å². The van der Waals surface area contributed by atoms with Gasteiger partial charge in [-0.3, -0.25) is 19.2 Å². The van der Waals surface area contributed by atoms with Crippen LogP contribution in [0.15, 0.2) is 60.7 Å². The molecule has 4 unspecified atom stereocenters. The van der Waals surface area contributed by atoms with Crippen molar-refractivity contribution >= 4 is 29.7 Å². The Kier molecular flexibility index (Phi) is 11.2. The van der Waals surface area contributed by atoms with Crippen LogP contribution in [0.1, 0.15) is 17.5 Å². The fourth-order valence-corrected chi connectivity index (χ4v) is 3.41. The lowest BCUT2D eigenvalue weighted by molar-refractivity contribution is -0.142. The van der Waals surface area contributed by atoms with Gasteiger partial charge >= 0.3 is 11.9 Å². The van der Waals surface area contributed by atoms with Gasteiger partial charge in [0.1, 0.15) is 18.1 Å². The molecule has 0 radical (unpaired) electrons. The number of benzene rings is 2. The minimum Gasteiger partial charge on any atom is -0.481 e. The standard InChI is InChI=1S/C25H30N4O8/c26-17(13-21(31)32)22(33)29-20(14-30)24(35)27-18(11-15-7-3-1-4-8-15)23(34)28-19(25(36)37)12-16-9-5-2-6-10-16/h1-10,17-20,30H,11-14,26H2,(H,27,35)(H,28,34)(H,29,33)(H,31,32)(H,36,37). The lowest BCUT2D eigenvalue weighted by Crippen LogP contribution is -2.58. The minimum absolute atomic E-state index is 0.00467. The first-order valence-corrected chi connectivity index (χ1v) is 11.4. The van der Waals surface area contributed by atoms with Gasteiger partial charge in [-0.05, 0) is 11.1 Å². The minimum atomic E-state index is -1.53. The lowest BCUT2D eigenvalue weighted by atomic mass is 10.0. The Morgan fingerprint density at radius 3 is 1.57 bits per heavy atom. The van der Waals surface area contributed by atoms with E-state index in [1.165, 1.54) is 0 Å². The number of carbonyl (C=O) groups excluding carboxylic acids is 3. The summed E-state index contributed by atoms with van der Waals surface area (Å²) >= 11 is 0. The van der Waals surface area contributed by atoms with Crippen LogP contribution in [0, 0.1) is 0 Å². The number of aliphatic hydroxyl groups is 1. The Morgan fingerprint density at radius 1 is 0.676 bits per heavy atom. The van der Waals surface area contributed by atoms with Gasteiger partial charge in [-0.15, -0.1) is 0 Å². The fourth-order valence-electron chi connectivity index (χ4n) is 3.41. The summed E-state index contributed by atoms with van der Waals surface area (Å²) in [6.45, 7) is -0.858. The molecule has 12 nitrogen and oxygen atoms in total. The van der Waals surface area contributed by atoms with Crippen molar-refractivity contribution in [3.8, 4) is 0 Å². The van der Waals surface area contributed by atoms with Crippen molar-refractivity contribution in [2.75, 3.05) is 6.61 Å². The molecule has 2 aromatic rings. The highest BCUT2D eigenvalue weighted by Gasteiger charge is 2.30. The van der Waals surface area contributed by atoms with E-state index in [9.17, 15) is 34.2 Å². The van der Waals surface area contributed by atoms with Gasteiger partial charge < -0.3 is 37.0 Å². The van der Waals surface area contributed by atoms with E-state index < -0.39 is 66.9 Å². The molecule has 12 heteroatoms. The Bertz CT molecular complexity index is 1080. The molecule has 2 rings (SSSR count). The van der Waals surface area contributed by atoms with Gasteiger partial charge in [-0.25, -0.2) is 4.79 Å². The molecule has 0 aliphatic carbocycles. The molecule has 0 spiro atoms. The average molecular weight is 515 g/mol. The van der Waals surface area contributed by atoms with Crippen molar-refractivity contribution in [3.63, 3.8) is 0 Å². The van der Waals surface area contributed by atoms with Crippen LogP contribution in [0.3, 0.4) is 0 Å². The smallest absolute Gasteiger partial charge is 0.326 e. The predicted octanol–water partition coefficient (Wildman–Crippen LogP) is -1.19. The van der Waals surface area contributed by atoms with E-state index in [4.69, 9.17) is 10.8 Å². The molecular weight excluding hydrogens is 484 g/mol.